The number of anilines is 3. The highest BCUT2D eigenvalue weighted by molar-refractivity contribution is 5.98. The number of rotatable bonds is 6. The van der Waals surface area contributed by atoms with Crippen LogP contribution in [0.2, 0.25) is 0 Å². The van der Waals surface area contributed by atoms with Crippen molar-refractivity contribution in [2.24, 2.45) is 5.73 Å². The van der Waals surface area contributed by atoms with Crippen LogP contribution >= 0.6 is 0 Å². The molecule has 3 rings (SSSR count). The third-order valence-corrected chi connectivity index (χ3v) is 5.15. The Balaban J connectivity index is 2.05. The average Bonchev–Trinajstić information content (AvgIpc) is 2.67. The van der Waals surface area contributed by atoms with Gasteiger partial charge in [0.25, 0.3) is 11.8 Å². The summed E-state index contributed by atoms with van der Waals surface area (Å²) in [5, 5.41) is 5.51. The lowest BCUT2D eigenvalue weighted by molar-refractivity contribution is -0.0632. The Morgan fingerprint density at radius 2 is 2.03 bits per heavy atom. The molecule has 4 N–H and O–H groups in total. The van der Waals surface area contributed by atoms with Crippen molar-refractivity contribution in [3.63, 3.8) is 0 Å². The van der Waals surface area contributed by atoms with Crippen molar-refractivity contribution in [1.29, 1.82) is 0 Å². The molecule has 2 aromatic rings. The Morgan fingerprint density at radius 1 is 1.30 bits per heavy atom. The van der Waals surface area contributed by atoms with Crippen LogP contribution in [-0.4, -0.2) is 48.0 Å². The van der Waals surface area contributed by atoms with Gasteiger partial charge in [-0.05, 0) is 26.0 Å². The third kappa shape index (κ3) is 4.30. The zero-order valence-corrected chi connectivity index (χ0v) is 16.4. The first-order valence-corrected chi connectivity index (χ1v) is 9.30. The molecule has 2 aromatic heterocycles. The van der Waals surface area contributed by atoms with Gasteiger partial charge in [0.1, 0.15) is 17.7 Å². The lowest BCUT2D eigenvalue weighted by Crippen LogP contribution is -2.60. The van der Waals surface area contributed by atoms with Crippen LogP contribution in [0.1, 0.15) is 29.6 Å². The fraction of sp³-hybridized carbons (Fsp3) is 0.421. The van der Waals surface area contributed by atoms with E-state index in [0.717, 1.165) is 23.2 Å². The van der Waals surface area contributed by atoms with E-state index in [0.29, 0.717) is 12.8 Å². The standard InChI is InChI=1S/C19H22F4N6O/c1-25-14-4-3-5-19(22,23)15(14)29(2)18-13(21)7-12(16(24)30)17(28-18)27-11-6-10(20)8-26-9-11/h6-9,14-15,25H,3-5H2,1-2H3,(H2,24,30)(H,27,28). The number of carbonyl (C=O) groups excluding carboxylic acids is 1. The van der Waals surface area contributed by atoms with E-state index in [1.54, 1.807) is 7.05 Å². The summed E-state index contributed by atoms with van der Waals surface area (Å²) in [6.45, 7) is 0. The van der Waals surface area contributed by atoms with Gasteiger partial charge in [0.2, 0.25) is 0 Å². The fourth-order valence-electron chi connectivity index (χ4n) is 3.77. The number of halogens is 4. The molecule has 7 nitrogen and oxygen atoms in total. The number of amides is 1. The van der Waals surface area contributed by atoms with Gasteiger partial charge in [0.05, 0.1) is 23.6 Å². The highest BCUT2D eigenvalue weighted by atomic mass is 19.3. The molecule has 2 atom stereocenters. The van der Waals surface area contributed by atoms with E-state index in [2.05, 4.69) is 20.6 Å². The molecule has 0 aliphatic heterocycles. The summed E-state index contributed by atoms with van der Waals surface area (Å²) in [7, 11) is 2.88. The van der Waals surface area contributed by atoms with Gasteiger partial charge in [-0.1, -0.05) is 0 Å². The minimum Gasteiger partial charge on any atom is -0.365 e. The van der Waals surface area contributed by atoms with E-state index in [9.17, 15) is 22.4 Å². The molecule has 1 fully saturated rings. The van der Waals surface area contributed by atoms with Crippen molar-refractivity contribution >= 4 is 23.2 Å². The average molecular weight is 426 g/mol. The Hall–Kier alpha value is -2.95. The van der Waals surface area contributed by atoms with Gasteiger partial charge in [-0.2, -0.15) is 0 Å². The first kappa shape index (κ1) is 21.8. The summed E-state index contributed by atoms with van der Waals surface area (Å²) in [4.78, 5) is 20.5. The molecule has 1 saturated carbocycles. The predicted molar refractivity (Wildman–Crippen MR) is 104 cm³/mol. The first-order valence-electron chi connectivity index (χ1n) is 9.30. The van der Waals surface area contributed by atoms with Crippen LogP contribution in [0, 0.1) is 11.6 Å². The normalized spacial score (nSPS) is 20.6. The van der Waals surface area contributed by atoms with Gasteiger partial charge in [-0.15, -0.1) is 0 Å². The molecular formula is C19H22F4N6O. The number of primary amides is 1. The quantitative estimate of drug-likeness (QED) is 0.615. The predicted octanol–water partition coefficient (Wildman–Crippen LogP) is 2.81. The van der Waals surface area contributed by atoms with Gasteiger partial charge in [0, 0.05) is 25.6 Å². The molecule has 11 heteroatoms. The zero-order valence-electron chi connectivity index (χ0n) is 16.4. The van der Waals surface area contributed by atoms with E-state index in [1.807, 2.05) is 0 Å². The number of hydrogen-bond donors (Lipinski definition) is 3. The van der Waals surface area contributed by atoms with Crippen LogP contribution in [0.5, 0.6) is 0 Å². The van der Waals surface area contributed by atoms with E-state index in [1.165, 1.54) is 13.2 Å². The van der Waals surface area contributed by atoms with Crippen LogP contribution in [0.4, 0.5) is 34.9 Å². The maximum atomic E-state index is 14.8. The van der Waals surface area contributed by atoms with Gasteiger partial charge >= 0.3 is 0 Å². The smallest absolute Gasteiger partial charge is 0.269 e. The van der Waals surface area contributed by atoms with E-state index in [4.69, 9.17) is 5.73 Å². The number of aromatic nitrogens is 2. The van der Waals surface area contributed by atoms with Crippen LogP contribution in [-0.2, 0) is 0 Å². The fourth-order valence-corrected chi connectivity index (χ4v) is 3.77. The number of nitrogens with two attached hydrogens (primary N) is 1. The molecule has 0 saturated heterocycles. The largest absolute Gasteiger partial charge is 0.365 e. The molecule has 0 spiro atoms. The summed E-state index contributed by atoms with van der Waals surface area (Å²) in [5.74, 6) is -6.29. The summed E-state index contributed by atoms with van der Waals surface area (Å²) < 4.78 is 57.6. The van der Waals surface area contributed by atoms with E-state index < -0.39 is 41.4 Å². The van der Waals surface area contributed by atoms with E-state index >= 15 is 0 Å². The van der Waals surface area contributed by atoms with Gasteiger partial charge in [-0.25, -0.2) is 22.5 Å². The summed E-state index contributed by atoms with van der Waals surface area (Å²) in [5.41, 5.74) is 5.12. The summed E-state index contributed by atoms with van der Waals surface area (Å²) in [6.07, 6.45) is 2.72. The van der Waals surface area contributed by atoms with Crippen molar-refractivity contribution in [3.05, 3.63) is 41.7 Å². The molecule has 1 aliphatic carbocycles. The molecule has 2 heterocycles. The molecule has 162 valence electrons. The molecule has 1 amide bonds. The number of nitrogens with zero attached hydrogens (tertiary/aromatic N) is 3. The second kappa shape index (κ2) is 8.42. The summed E-state index contributed by atoms with van der Waals surface area (Å²) >= 11 is 0. The van der Waals surface area contributed by atoms with E-state index in [-0.39, 0.29) is 23.5 Å². The number of pyridine rings is 2. The zero-order chi connectivity index (χ0) is 22.1. The number of hydrogen-bond acceptors (Lipinski definition) is 6. The monoisotopic (exact) mass is 426 g/mol. The van der Waals surface area contributed by atoms with Crippen molar-refractivity contribution in [3.8, 4) is 0 Å². The Labute approximate surface area is 170 Å². The van der Waals surface area contributed by atoms with Gasteiger partial charge in [0.15, 0.2) is 11.6 Å². The van der Waals surface area contributed by atoms with Crippen molar-refractivity contribution in [1.82, 2.24) is 15.3 Å². The Kier molecular flexibility index (Phi) is 6.11. The van der Waals surface area contributed by atoms with Gasteiger partial charge in [-0.3, -0.25) is 9.78 Å². The molecule has 30 heavy (non-hydrogen) atoms. The molecule has 2 unspecified atom stereocenters. The Bertz CT molecular complexity index is 941. The second-order valence-electron chi connectivity index (χ2n) is 7.18. The van der Waals surface area contributed by atoms with Crippen molar-refractivity contribution < 1.29 is 22.4 Å². The maximum absolute atomic E-state index is 14.8. The van der Waals surface area contributed by atoms with Crippen LogP contribution < -0.4 is 21.3 Å². The highest BCUT2D eigenvalue weighted by Gasteiger charge is 2.49. The van der Waals surface area contributed by atoms with Crippen LogP contribution in [0.25, 0.3) is 0 Å². The lowest BCUT2D eigenvalue weighted by atomic mass is 9.86. The van der Waals surface area contributed by atoms with Crippen molar-refractivity contribution in [2.75, 3.05) is 24.3 Å². The minimum atomic E-state index is -3.09. The number of carbonyl (C=O) groups is 1. The molecular weight excluding hydrogens is 404 g/mol. The molecule has 0 radical (unpaired) electrons. The van der Waals surface area contributed by atoms with Crippen LogP contribution in [0.3, 0.4) is 0 Å². The number of alkyl halides is 2. The first-order chi connectivity index (χ1) is 14.1. The summed E-state index contributed by atoms with van der Waals surface area (Å²) in [6, 6.07) is -0.0506. The SMILES string of the molecule is CNC1CCCC(F)(F)C1N(C)c1nc(Nc2cncc(F)c2)c(C(N)=O)cc1F. The van der Waals surface area contributed by atoms with Crippen LogP contribution in [0.15, 0.2) is 24.5 Å². The maximum Gasteiger partial charge on any atom is 0.269 e. The molecule has 1 aliphatic rings. The molecule has 0 aromatic carbocycles. The lowest BCUT2D eigenvalue weighted by Gasteiger charge is -2.43. The second-order valence-corrected chi connectivity index (χ2v) is 7.18. The third-order valence-electron chi connectivity index (χ3n) is 5.15. The van der Waals surface area contributed by atoms with Gasteiger partial charge < -0.3 is 21.3 Å². The number of nitrogens with one attached hydrogen (secondary N) is 2. The topological polar surface area (TPSA) is 96.2 Å². The van der Waals surface area contributed by atoms with Crippen molar-refractivity contribution in [2.45, 2.75) is 37.3 Å². The molecule has 0 bridgehead atoms. The Morgan fingerprint density at radius 3 is 2.67 bits per heavy atom. The highest BCUT2D eigenvalue weighted by Crippen LogP contribution is 2.39. The minimum absolute atomic E-state index is 0.126. The number of likely N-dealkylation sites (N-methyl/N-ethyl adjacent to an activating group) is 2.